The van der Waals surface area contributed by atoms with Crippen molar-refractivity contribution in [1.82, 2.24) is 14.4 Å². The number of benzene rings is 2. The van der Waals surface area contributed by atoms with E-state index in [1.54, 1.807) is 12.4 Å². The summed E-state index contributed by atoms with van der Waals surface area (Å²) in [6, 6.07) is 15.0. The molecule has 4 rings (SSSR count). The normalized spacial score (nSPS) is 10.7. The summed E-state index contributed by atoms with van der Waals surface area (Å²) in [5, 5.41) is 6.44. The van der Waals surface area contributed by atoms with Crippen LogP contribution in [-0.4, -0.2) is 34.1 Å². The van der Waals surface area contributed by atoms with Crippen molar-refractivity contribution in [1.29, 1.82) is 0 Å². The molecule has 0 fully saturated rings. The molecule has 2 aromatic heterocycles. The van der Waals surface area contributed by atoms with Crippen LogP contribution >= 0.6 is 11.6 Å². The molecule has 0 unspecified atom stereocenters. The zero-order valence-electron chi connectivity index (χ0n) is 16.3. The lowest BCUT2D eigenvalue weighted by Gasteiger charge is -2.09. The van der Waals surface area contributed by atoms with Crippen LogP contribution in [0.4, 0.5) is 16.3 Å². The molecule has 4 aromatic rings. The maximum Gasteiger partial charge on any atom is 0.411 e. The van der Waals surface area contributed by atoms with Gasteiger partial charge in [0.05, 0.1) is 18.5 Å². The molecule has 0 aliphatic rings. The zero-order valence-corrected chi connectivity index (χ0v) is 17.1. The highest BCUT2D eigenvalue weighted by molar-refractivity contribution is 6.31. The van der Waals surface area contributed by atoms with Gasteiger partial charge in [-0.2, -0.15) is 0 Å². The number of fused-ring (bicyclic) bond motifs is 1. The van der Waals surface area contributed by atoms with Crippen LogP contribution in [0.3, 0.4) is 0 Å². The Balaban J connectivity index is 1.38. The fraction of sp³-hybridized carbons (Fsp3) is 0.136. The van der Waals surface area contributed by atoms with Crippen LogP contribution in [0.25, 0.3) is 16.9 Å². The Labute approximate surface area is 178 Å². The SMILES string of the molecule is CNc1nccn2c(-c3ccc(NC(=O)OCCc4ccccc4Cl)cc3)cnc12. The van der Waals surface area contributed by atoms with E-state index < -0.39 is 6.09 Å². The quantitative estimate of drug-likeness (QED) is 0.463. The van der Waals surface area contributed by atoms with Gasteiger partial charge in [-0.15, -0.1) is 0 Å². The fourth-order valence-electron chi connectivity index (χ4n) is 3.14. The van der Waals surface area contributed by atoms with Gasteiger partial charge in [0.2, 0.25) is 0 Å². The van der Waals surface area contributed by atoms with Crippen molar-refractivity contribution in [3.63, 3.8) is 0 Å². The van der Waals surface area contributed by atoms with Crippen LogP contribution in [0.5, 0.6) is 0 Å². The first-order valence-electron chi connectivity index (χ1n) is 9.43. The highest BCUT2D eigenvalue weighted by atomic mass is 35.5. The van der Waals surface area contributed by atoms with Crippen molar-refractivity contribution in [3.05, 3.63) is 77.7 Å². The van der Waals surface area contributed by atoms with Gasteiger partial charge in [0.25, 0.3) is 0 Å². The number of amides is 1. The minimum atomic E-state index is -0.505. The van der Waals surface area contributed by atoms with Crippen molar-refractivity contribution < 1.29 is 9.53 Å². The standard InChI is InChI=1S/C22H20ClN5O2/c1-24-20-21-26-14-19(28(21)12-11-25-20)16-6-8-17(9-7-16)27-22(29)30-13-10-15-4-2-3-5-18(15)23/h2-9,11-12,14H,10,13H2,1H3,(H,24,25)(H,27,29). The van der Waals surface area contributed by atoms with Gasteiger partial charge >= 0.3 is 6.09 Å². The third-order valence-corrected chi connectivity index (χ3v) is 5.02. The second-order valence-corrected chi connectivity index (χ2v) is 6.95. The van der Waals surface area contributed by atoms with E-state index in [-0.39, 0.29) is 6.61 Å². The van der Waals surface area contributed by atoms with E-state index in [2.05, 4.69) is 20.6 Å². The molecule has 0 saturated heterocycles. The van der Waals surface area contributed by atoms with Gasteiger partial charge in [-0.25, -0.2) is 14.8 Å². The first-order chi connectivity index (χ1) is 14.7. The first kappa shape index (κ1) is 19.7. The molecule has 0 bridgehead atoms. The molecule has 8 heteroatoms. The molecule has 152 valence electrons. The van der Waals surface area contributed by atoms with Crippen molar-refractivity contribution in [3.8, 4) is 11.3 Å². The number of rotatable bonds is 6. The lowest BCUT2D eigenvalue weighted by atomic mass is 10.1. The summed E-state index contributed by atoms with van der Waals surface area (Å²) in [7, 11) is 1.81. The second-order valence-electron chi connectivity index (χ2n) is 6.54. The van der Waals surface area contributed by atoms with E-state index in [0.717, 1.165) is 22.5 Å². The van der Waals surface area contributed by atoms with Crippen molar-refractivity contribution in [2.24, 2.45) is 0 Å². The Hall–Kier alpha value is -3.58. The number of anilines is 2. The number of hydrogen-bond donors (Lipinski definition) is 2. The number of aromatic nitrogens is 3. The third kappa shape index (κ3) is 4.21. The number of hydrogen-bond acceptors (Lipinski definition) is 5. The van der Waals surface area contributed by atoms with Gasteiger partial charge in [0.15, 0.2) is 11.5 Å². The summed E-state index contributed by atoms with van der Waals surface area (Å²) in [5.74, 6) is 0.710. The zero-order chi connectivity index (χ0) is 20.9. The van der Waals surface area contributed by atoms with Crippen molar-refractivity contribution in [2.45, 2.75) is 6.42 Å². The summed E-state index contributed by atoms with van der Waals surface area (Å²) >= 11 is 6.11. The van der Waals surface area contributed by atoms with E-state index in [1.165, 1.54) is 0 Å². The molecule has 0 aliphatic heterocycles. The summed E-state index contributed by atoms with van der Waals surface area (Å²) in [6.07, 6.45) is 5.43. The van der Waals surface area contributed by atoms with Gasteiger partial charge in [-0.05, 0) is 23.8 Å². The number of nitrogens with one attached hydrogen (secondary N) is 2. The minimum Gasteiger partial charge on any atom is -0.449 e. The number of halogens is 1. The van der Waals surface area contributed by atoms with E-state index in [0.29, 0.717) is 22.9 Å². The monoisotopic (exact) mass is 421 g/mol. The molecule has 30 heavy (non-hydrogen) atoms. The summed E-state index contributed by atoms with van der Waals surface area (Å²) in [6.45, 7) is 0.247. The Morgan fingerprint density at radius 1 is 1.13 bits per heavy atom. The van der Waals surface area contributed by atoms with Gasteiger partial charge in [0.1, 0.15) is 0 Å². The van der Waals surface area contributed by atoms with Crippen LogP contribution in [0.2, 0.25) is 5.02 Å². The molecular formula is C22H20ClN5O2. The third-order valence-electron chi connectivity index (χ3n) is 4.65. The van der Waals surface area contributed by atoms with E-state index in [9.17, 15) is 4.79 Å². The smallest absolute Gasteiger partial charge is 0.411 e. The summed E-state index contributed by atoms with van der Waals surface area (Å²) in [4.78, 5) is 20.8. The molecule has 0 atom stereocenters. The predicted octanol–water partition coefficient (Wildman–Crippen LogP) is 4.88. The van der Waals surface area contributed by atoms with Crippen molar-refractivity contribution >= 4 is 34.8 Å². The highest BCUT2D eigenvalue weighted by Gasteiger charge is 2.10. The van der Waals surface area contributed by atoms with Gasteiger partial charge in [-0.3, -0.25) is 9.72 Å². The molecule has 2 heterocycles. The average Bonchev–Trinajstić information content (AvgIpc) is 3.20. The molecule has 0 spiro atoms. The van der Waals surface area contributed by atoms with Crippen molar-refractivity contribution in [2.75, 3.05) is 24.3 Å². The lowest BCUT2D eigenvalue weighted by molar-refractivity contribution is 0.163. The molecule has 0 saturated carbocycles. The summed E-state index contributed by atoms with van der Waals surface area (Å²) < 4.78 is 7.22. The number of ether oxygens (including phenoxy) is 1. The van der Waals surface area contributed by atoms with Gasteiger partial charge < -0.3 is 10.1 Å². The number of imidazole rings is 1. The molecule has 2 aromatic carbocycles. The van der Waals surface area contributed by atoms with Crippen LogP contribution in [-0.2, 0) is 11.2 Å². The molecule has 1 amide bonds. The van der Waals surface area contributed by atoms with Gasteiger partial charge in [-0.1, -0.05) is 41.9 Å². The number of nitrogens with zero attached hydrogens (tertiary/aromatic N) is 3. The maximum atomic E-state index is 12.1. The number of carbonyl (C=O) groups is 1. The van der Waals surface area contributed by atoms with E-state index >= 15 is 0 Å². The highest BCUT2D eigenvalue weighted by Crippen LogP contribution is 2.24. The fourth-order valence-corrected chi connectivity index (χ4v) is 3.37. The molecule has 2 N–H and O–H groups in total. The van der Waals surface area contributed by atoms with Gasteiger partial charge in [0, 0.05) is 42.1 Å². The van der Waals surface area contributed by atoms with E-state index in [1.807, 2.05) is 66.2 Å². The largest absolute Gasteiger partial charge is 0.449 e. The second kappa shape index (κ2) is 8.84. The van der Waals surface area contributed by atoms with Crippen LogP contribution < -0.4 is 10.6 Å². The Morgan fingerprint density at radius 3 is 2.70 bits per heavy atom. The predicted molar refractivity (Wildman–Crippen MR) is 118 cm³/mol. The Bertz CT molecular complexity index is 1170. The molecule has 0 aliphatic carbocycles. The maximum absolute atomic E-state index is 12.1. The molecule has 7 nitrogen and oxygen atoms in total. The van der Waals surface area contributed by atoms with E-state index in [4.69, 9.17) is 16.3 Å². The lowest BCUT2D eigenvalue weighted by Crippen LogP contribution is -2.15. The van der Waals surface area contributed by atoms with Crippen LogP contribution in [0, 0.1) is 0 Å². The first-order valence-corrected chi connectivity index (χ1v) is 9.81. The Kier molecular flexibility index (Phi) is 5.81. The number of carbonyl (C=O) groups excluding carboxylic acids is 1. The summed E-state index contributed by atoms with van der Waals surface area (Å²) in [5.41, 5.74) is 4.24. The Morgan fingerprint density at radius 2 is 1.93 bits per heavy atom. The average molecular weight is 422 g/mol. The topological polar surface area (TPSA) is 80.5 Å². The van der Waals surface area contributed by atoms with Crippen LogP contribution in [0.1, 0.15) is 5.56 Å². The van der Waals surface area contributed by atoms with Crippen LogP contribution in [0.15, 0.2) is 67.1 Å². The minimum absolute atomic E-state index is 0.247. The molecular weight excluding hydrogens is 402 g/mol. The molecule has 0 radical (unpaired) electrons.